The van der Waals surface area contributed by atoms with Crippen LogP contribution in [0.5, 0.6) is 0 Å². The normalized spacial score (nSPS) is 14.8. The lowest BCUT2D eigenvalue weighted by molar-refractivity contribution is 0.579. The van der Waals surface area contributed by atoms with E-state index in [2.05, 4.69) is 305 Å². The van der Waals surface area contributed by atoms with Crippen LogP contribution in [0, 0.1) is 0 Å². The monoisotopic (exact) mass is 1140 g/mol. The lowest BCUT2D eigenvalue weighted by Crippen LogP contribution is -2.19. The van der Waals surface area contributed by atoms with Crippen molar-refractivity contribution in [3.8, 4) is 111 Å². The predicted octanol–water partition coefficient (Wildman–Crippen LogP) is 24.9. The van der Waals surface area contributed by atoms with Crippen LogP contribution in [0.25, 0.3) is 144 Å². The number of rotatable bonds is 4. The highest BCUT2D eigenvalue weighted by Crippen LogP contribution is 2.67. The van der Waals surface area contributed by atoms with Crippen LogP contribution in [0.4, 0.5) is 0 Å². The molecule has 0 radical (unpaired) electrons. The standard InChI is InChI=1S/C88H80/c1-83(2,3)51-35-37-59-67(45-51)87(13,14)69-47-53(85(7,8)9)43-65(73(59)69)75-57-33-25-26-34-58(57)76(66-44-54(86(10,11)12)48-70-74(66)60-38-36-52(84(4,5)6)46-68(60)88(70,15)16)82-64-42-40-62-77-61(39-41-63(78(64)77)81(75)82)79-71(49-27-19-17-20-28-49)55-31-23-24-32-56(55)72(80(62)79)50-29-21-18-22-30-50/h17-48H,1-16H3. The second-order valence-corrected chi connectivity index (χ2v) is 31.6. The Hall–Kier alpha value is -8.58. The van der Waals surface area contributed by atoms with Crippen LogP contribution in [-0.4, -0.2) is 0 Å². The quantitative estimate of drug-likeness (QED) is 0.165. The molecule has 88 heavy (non-hydrogen) atoms. The molecule has 4 aliphatic rings. The van der Waals surface area contributed by atoms with Crippen molar-refractivity contribution in [1.82, 2.24) is 0 Å². The van der Waals surface area contributed by atoms with Crippen LogP contribution in [0.3, 0.4) is 0 Å². The molecule has 0 heterocycles. The summed E-state index contributed by atoms with van der Waals surface area (Å²) in [6.07, 6.45) is 0. The molecule has 0 spiro atoms. The Morgan fingerprint density at radius 3 is 0.807 bits per heavy atom. The molecule has 0 aliphatic heterocycles. The van der Waals surface area contributed by atoms with Crippen LogP contribution < -0.4 is 0 Å². The Morgan fingerprint density at radius 1 is 0.216 bits per heavy atom. The van der Waals surface area contributed by atoms with Gasteiger partial charge in [-0.1, -0.05) is 293 Å². The summed E-state index contributed by atoms with van der Waals surface area (Å²) >= 11 is 0. The first kappa shape index (κ1) is 54.8. The van der Waals surface area contributed by atoms with Crippen molar-refractivity contribution in [3.05, 3.63) is 239 Å². The summed E-state index contributed by atoms with van der Waals surface area (Å²) in [7, 11) is 0. The first-order valence-electron chi connectivity index (χ1n) is 32.3. The van der Waals surface area contributed by atoms with E-state index in [1.54, 1.807) is 0 Å². The molecule has 0 unspecified atom stereocenters. The summed E-state index contributed by atoms with van der Waals surface area (Å²) in [5, 5.41) is 7.87. The van der Waals surface area contributed by atoms with Crippen molar-refractivity contribution >= 4 is 32.3 Å². The largest absolute Gasteiger partial charge is 0.0622 e. The van der Waals surface area contributed by atoms with Gasteiger partial charge < -0.3 is 0 Å². The van der Waals surface area contributed by atoms with E-state index in [-0.39, 0.29) is 32.5 Å². The van der Waals surface area contributed by atoms with Crippen molar-refractivity contribution in [2.24, 2.45) is 0 Å². The van der Waals surface area contributed by atoms with Crippen molar-refractivity contribution in [2.75, 3.05) is 0 Å². The van der Waals surface area contributed by atoms with Gasteiger partial charge >= 0.3 is 0 Å². The predicted molar refractivity (Wildman–Crippen MR) is 379 cm³/mol. The summed E-state index contributed by atoms with van der Waals surface area (Å²) in [5.74, 6) is 0. The fourth-order valence-electron chi connectivity index (χ4n) is 16.5. The third-order valence-electron chi connectivity index (χ3n) is 21.3. The zero-order chi connectivity index (χ0) is 61.3. The van der Waals surface area contributed by atoms with Gasteiger partial charge in [-0.25, -0.2) is 0 Å². The minimum atomic E-state index is -0.240. The molecule has 12 aromatic rings. The zero-order valence-corrected chi connectivity index (χ0v) is 54.5. The Labute approximate surface area is 522 Å². The van der Waals surface area contributed by atoms with Gasteiger partial charge in [-0.2, -0.15) is 0 Å². The SMILES string of the molecule is CC(C)(C)c1ccc2c(c1)C(C)(C)c1cc(C(C)(C)C)cc(-c3c4c(c(-c5cc(C(C)(C)C)cc6c5-c5ccc(C(C)(C)C)cc5C6(C)C)c5ccccc35)-c3ccc5c6c(ccc-4c36)-c3c-5c(-c4ccccc4)c4ccccc4c3-c3ccccc3)c1-2. The number of hydrogen-bond donors (Lipinski definition) is 0. The van der Waals surface area contributed by atoms with Gasteiger partial charge in [-0.05, 0) is 222 Å². The molecule has 16 rings (SSSR count). The van der Waals surface area contributed by atoms with Gasteiger partial charge in [0.2, 0.25) is 0 Å². The molecule has 0 N–H and O–H groups in total. The highest BCUT2D eigenvalue weighted by atomic mass is 14.5. The van der Waals surface area contributed by atoms with Gasteiger partial charge in [0.1, 0.15) is 0 Å². The lowest BCUT2D eigenvalue weighted by atomic mass is 9.74. The maximum Gasteiger partial charge on any atom is 0.0159 e. The second kappa shape index (κ2) is 18.0. The summed E-state index contributed by atoms with van der Waals surface area (Å²) < 4.78 is 0. The van der Waals surface area contributed by atoms with E-state index in [9.17, 15) is 0 Å². The minimum absolute atomic E-state index is 0.00316. The van der Waals surface area contributed by atoms with E-state index in [4.69, 9.17) is 0 Å². The summed E-state index contributed by atoms with van der Waals surface area (Å²) in [5.41, 5.74) is 37.0. The highest BCUT2D eigenvalue weighted by molar-refractivity contribution is 6.36. The Bertz CT molecular complexity index is 4750. The van der Waals surface area contributed by atoms with Crippen LogP contribution in [0.15, 0.2) is 194 Å². The molecule has 0 saturated carbocycles. The molecule has 0 bridgehead atoms. The molecule has 432 valence electrons. The molecule has 4 aliphatic carbocycles. The van der Waals surface area contributed by atoms with E-state index >= 15 is 0 Å². The lowest BCUT2D eigenvalue weighted by Gasteiger charge is -2.29. The summed E-state index contributed by atoms with van der Waals surface area (Å²) in [4.78, 5) is 0. The van der Waals surface area contributed by atoms with Crippen LogP contribution in [0.2, 0.25) is 0 Å². The first-order chi connectivity index (χ1) is 41.7. The maximum absolute atomic E-state index is 2.63. The summed E-state index contributed by atoms with van der Waals surface area (Å²) in [6.45, 7) is 38.6. The van der Waals surface area contributed by atoms with E-state index in [1.807, 2.05) is 0 Å². The number of fused-ring (bicyclic) bond motifs is 14. The third-order valence-corrected chi connectivity index (χ3v) is 21.3. The Balaban J connectivity index is 1.11. The summed E-state index contributed by atoms with van der Waals surface area (Å²) in [6, 6.07) is 76.8. The fourth-order valence-corrected chi connectivity index (χ4v) is 16.5. The average molecular weight is 1140 g/mol. The van der Waals surface area contributed by atoms with Crippen molar-refractivity contribution < 1.29 is 0 Å². The van der Waals surface area contributed by atoms with Crippen LogP contribution in [-0.2, 0) is 32.5 Å². The topological polar surface area (TPSA) is 0 Å². The molecule has 0 fully saturated rings. The zero-order valence-electron chi connectivity index (χ0n) is 54.5. The number of benzene rings is 12. The Kier molecular flexibility index (Phi) is 11.2. The van der Waals surface area contributed by atoms with Crippen LogP contribution in [0.1, 0.15) is 155 Å². The molecule has 0 saturated heterocycles. The molecule has 0 aromatic heterocycles. The van der Waals surface area contributed by atoms with E-state index in [0.717, 1.165) is 0 Å². The maximum atomic E-state index is 2.63. The van der Waals surface area contributed by atoms with E-state index in [0.29, 0.717) is 0 Å². The minimum Gasteiger partial charge on any atom is -0.0622 e. The third kappa shape index (κ3) is 7.51. The van der Waals surface area contributed by atoms with Gasteiger partial charge in [0.15, 0.2) is 0 Å². The van der Waals surface area contributed by atoms with E-state index < -0.39 is 0 Å². The van der Waals surface area contributed by atoms with Gasteiger partial charge in [0.25, 0.3) is 0 Å². The van der Waals surface area contributed by atoms with Gasteiger partial charge in [0.05, 0.1) is 0 Å². The molecule has 0 atom stereocenters. The van der Waals surface area contributed by atoms with Gasteiger partial charge in [0, 0.05) is 10.8 Å². The van der Waals surface area contributed by atoms with Gasteiger partial charge in [-0.3, -0.25) is 0 Å². The van der Waals surface area contributed by atoms with Crippen molar-refractivity contribution in [2.45, 2.75) is 143 Å². The van der Waals surface area contributed by atoms with Gasteiger partial charge in [-0.15, -0.1) is 0 Å². The molecule has 0 amide bonds. The molecule has 12 aromatic carbocycles. The molecular formula is C88H80. The second-order valence-electron chi connectivity index (χ2n) is 31.6. The Morgan fingerprint density at radius 2 is 0.489 bits per heavy atom. The van der Waals surface area contributed by atoms with Crippen LogP contribution >= 0.6 is 0 Å². The molecule has 0 nitrogen and oxygen atoms in total. The fraction of sp³-hybridized carbons (Fsp3) is 0.250. The molecule has 0 heteroatoms. The first-order valence-corrected chi connectivity index (χ1v) is 32.3. The molecular weight excluding hydrogens is 1060 g/mol. The average Bonchev–Trinajstić information content (AvgIpc) is 1.50. The van der Waals surface area contributed by atoms with Crippen molar-refractivity contribution in [3.63, 3.8) is 0 Å². The highest BCUT2D eigenvalue weighted by Gasteiger charge is 2.45. The number of hydrogen-bond acceptors (Lipinski definition) is 0. The smallest absolute Gasteiger partial charge is 0.0159 e. The van der Waals surface area contributed by atoms with Crippen molar-refractivity contribution in [1.29, 1.82) is 0 Å². The van der Waals surface area contributed by atoms with E-state index in [1.165, 1.54) is 188 Å².